The second-order valence-corrected chi connectivity index (χ2v) is 9.20. The van der Waals surface area contributed by atoms with Gasteiger partial charge in [-0.1, -0.05) is 74.5 Å². The second kappa shape index (κ2) is 12.7. The highest BCUT2D eigenvalue weighted by molar-refractivity contribution is 5.76. The van der Waals surface area contributed by atoms with Gasteiger partial charge in [0.1, 0.15) is 18.5 Å². The third-order valence-electron chi connectivity index (χ3n) is 6.75. The van der Waals surface area contributed by atoms with Crippen molar-refractivity contribution in [1.82, 2.24) is 0 Å². The first-order chi connectivity index (χ1) is 18.0. The Hall–Kier alpha value is -3.41. The SMILES string of the molecule is CCOC(Cc1ccc(OCCOC2c3ccc(CC)cc3C=Cc3ccc(CC)cc32)cc1)C(=O)O. The Morgan fingerprint density at radius 3 is 2.19 bits per heavy atom. The summed E-state index contributed by atoms with van der Waals surface area (Å²) in [7, 11) is 0. The lowest BCUT2D eigenvalue weighted by molar-refractivity contribution is -0.149. The van der Waals surface area contributed by atoms with Crippen LogP contribution in [-0.2, 0) is 33.5 Å². The fraction of sp³-hybridized carbons (Fsp3) is 0.344. The van der Waals surface area contributed by atoms with Crippen molar-refractivity contribution in [1.29, 1.82) is 0 Å². The molecule has 3 aromatic rings. The molecule has 0 amide bonds. The number of hydrogen-bond donors (Lipinski definition) is 1. The Morgan fingerprint density at radius 1 is 0.811 bits per heavy atom. The van der Waals surface area contributed by atoms with E-state index in [9.17, 15) is 9.90 Å². The monoisotopic (exact) mass is 500 g/mol. The van der Waals surface area contributed by atoms with E-state index in [1.165, 1.54) is 33.4 Å². The molecular weight excluding hydrogens is 464 g/mol. The first kappa shape index (κ1) is 26.6. The fourth-order valence-corrected chi connectivity index (χ4v) is 4.66. The van der Waals surface area contributed by atoms with Crippen molar-refractivity contribution in [3.8, 4) is 5.75 Å². The number of hydrogen-bond acceptors (Lipinski definition) is 4. The van der Waals surface area contributed by atoms with Crippen LogP contribution in [-0.4, -0.2) is 37.0 Å². The maximum atomic E-state index is 11.3. The average Bonchev–Trinajstić information content (AvgIpc) is 3.07. The highest BCUT2D eigenvalue weighted by Crippen LogP contribution is 2.36. The van der Waals surface area contributed by atoms with Gasteiger partial charge in [-0.05, 0) is 70.8 Å². The number of ether oxygens (including phenoxy) is 3. The van der Waals surface area contributed by atoms with Crippen LogP contribution in [0.1, 0.15) is 65.8 Å². The van der Waals surface area contributed by atoms with Gasteiger partial charge in [0.2, 0.25) is 0 Å². The number of carbonyl (C=O) groups is 1. The van der Waals surface area contributed by atoms with Crippen molar-refractivity contribution in [2.75, 3.05) is 19.8 Å². The molecule has 0 saturated carbocycles. The van der Waals surface area contributed by atoms with Crippen LogP contribution in [0.4, 0.5) is 0 Å². The molecule has 0 aliphatic heterocycles. The van der Waals surface area contributed by atoms with E-state index < -0.39 is 12.1 Å². The molecule has 1 aliphatic carbocycles. The molecule has 0 radical (unpaired) electrons. The number of benzene rings is 3. The van der Waals surface area contributed by atoms with Gasteiger partial charge in [0.25, 0.3) is 0 Å². The molecule has 5 heteroatoms. The number of rotatable bonds is 12. The molecule has 1 aliphatic rings. The van der Waals surface area contributed by atoms with Gasteiger partial charge in [-0.15, -0.1) is 0 Å². The van der Waals surface area contributed by atoms with Gasteiger partial charge in [-0.3, -0.25) is 0 Å². The molecule has 0 heterocycles. The van der Waals surface area contributed by atoms with Crippen molar-refractivity contribution >= 4 is 18.1 Å². The molecule has 0 fully saturated rings. The highest BCUT2D eigenvalue weighted by atomic mass is 16.5. The molecule has 5 nitrogen and oxygen atoms in total. The summed E-state index contributed by atoms with van der Waals surface area (Å²) < 4.78 is 17.8. The number of carboxylic acid groups (broad SMARTS) is 1. The van der Waals surface area contributed by atoms with Crippen LogP contribution in [0.25, 0.3) is 12.2 Å². The Kier molecular flexibility index (Phi) is 9.15. The second-order valence-electron chi connectivity index (χ2n) is 9.20. The molecule has 1 N–H and O–H groups in total. The maximum absolute atomic E-state index is 11.3. The van der Waals surface area contributed by atoms with Gasteiger partial charge in [-0.25, -0.2) is 4.79 Å². The average molecular weight is 501 g/mol. The normalized spacial score (nSPS) is 14.9. The molecular formula is C32H36O5. The molecule has 2 atom stereocenters. The molecule has 2 unspecified atom stereocenters. The Morgan fingerprint density at radius 2 is 1.49 bits per heavy atom. The van der Waals surface area contributed by atoms with E-state index in [0.29, 0.717) is 26.2 Å². The summed E-state index contributed by atoms with van der Waals surface area (Å²) in [5.74, 6) is -0.229. The van der Waals surface area contributed by atoms with Crippen molar-refractivity contribution in [2.24, 2.45) is 0 Å². The first-order valence-electron chi connectivity index (χ1n) is 13.1. The first-order valence-corrected chi connectivity index (χ1v) is 13.1. The summed E-state index contributed by atoms with van der Waals surface area (Å²) in [6.07, 6.45) is 5.66. The van der Waals surface area contributed by atoms with E-state index in [1.54, 1.807) is 6.92 Å². The van der Waals surface area contributed by atoms with Crippen LogP contribution in [0.15, 0.2) is 60.7 Å². The number of aryl methyl sites for hydroxylation is 2. The molecule has 0 spiro atoms. The predicted molar refractivity (Wildman–Crippen MR) is 147 cm³/mol. The predicted octanol–water partition coefficient (Wildman–Crippen LogP) is 6.51. The minimum atomic E-state index is -0.951. The lowest BCUT2D eigenvalue weighted by Gasteiger charge is -2.22. The number of carboxylic acids is 1. The topological polar surface area (TPSA) is 65.0 Å². The van der Waals surface area contributed by atoms with Gasteiger partial charge >= 0.3 is 5.97 Å². The van der Waals surface area contributed by atoms with E-state index in [4.69, 9.17) is 14.2 Å². The summed E-state index contributed by atoms with van der Waals surface area (Å²) >= 11 is 0. The Balaban J connectivity index is 1.43. The van der Waals surface area contributed by atoms with Gasteiger partial charge in [0.15, 0.2) is 6.10 Å². The summed E-state index contributed by atoms with van der Waals surface area (Å²) in [5, 5.41) is 9.30. The van der Waals surface area contributed by atoms with Crippen LogP contribution in [0.3, 0.4) is 0 Å². The van der Waals surface area contributed by atoms with Crippen molar-refractivity contribution in [3.63, 3.8) is 0 Å². The van der Waals surface area contributed by atoms with Crippen LogP contribution in [0.2, 0.25) is 0 Å². The Labute approximate surface area is 219 Å². The van der Waals surface area contributed by atoms with E-state index in [1.807, 2.05) is 24.3 Å². The lowest BCUT2D eigenvalue weighted by atomic mass is 9.93. The van der Waals surface area contributed by atoms with Crippen molar-refractivity contribution in [3.05, 3.63) is 99.6 Å². The van der Waals surface area contributed by atoms with Crippen molar-refractivity contribution < 1.29 is 24.1 Å². The summed E-state index contributed by atoms with van der Waals surface area (Å²) in [6.45, 7) is 7.34. The van der Waals surface area contributed by atoms with Gasteiger partial charge in [-0.2, -0.15) is 0 Å². The smallest absolute Gasteiger partial charge is 0.333 e. The number of fused-ring (bicyclic) bond motifs is 2. The van der Waals surface area contributed by atoms with Gasteiger partial charge in [0, 0.05) is 13.0 Å². The lowest BCUT2D eigenvalue weighted by Crippen LogP contribution is -2.26. The van der Waals surface area contributed by atoms with Gasteiger partial charge in [0.05, 0.1) is 6.61 Å². The van der Waals surface area contributed by atoms with Crippen molar-refractivity contribution in [2.45, 2.75) is 52.2 Å². The standard InChI is InChI=1S/C32H36O5/c1-4-22-10-16-28-26(19-22)13-12-25-11-7-23(5-2)20-29(25)31(28)37-18-17-36-27-14-8-24(9-15-27)21-30(32(33)34)35-6-3/h7-16,19-20,30-31H,4-6,17-18,21H2,1-3H3,(H,33,34). The summed E-state index contributed by atoms with van der Waals surface area (Å²) in [4.78, 5) is 11.3. The fourth-order valence-electron chi connectivity index (χ4n) is 4.66. The van der Waals surface area contributed by atoms with Crippen LogP contribution >= 0.6 is 0 Å². The third kappa shape index (κ3) is 6.68. The minimum absolute atomic E-state index is 0.171. The van der Waals surface area contributed by atoms with Crippen LogP contribution < -0.4 is 4.74 Å². The van der Waals surface area contributed by atoms with E-state index in [2.05, 4.69) is 62.4 Å². The largest absolute Gasteiger partial charge is 0.491 e. The van der Waals surface area contributed by atoms with E-state index in [-0.39, 0.29) is 6.10 Å². The third-order valence-corrected chi connectivity index (χ3v) is 6.75. The minimum Gasteiger partial charge on any atom is -0.491 e. The molecule has 0 saturated heterocycles. The van der Waals surface area contributed by atoms with Crippen LogP contribution in [0, 0.1) is 0 Å². The molecule has 37 heavy (non-hydrogen) atoms. The van der Waals surface area contributed by atoms with E-state index in [0.717, 1.165) is 24.2 Å². The highest BCUT2D eigenvalue weighted by Gasteiger charge is 2.23. The molecule has 0 aromatic heterocycles. The van der Waals surface area contributed by atoms with E-state index >= 15 is 0 Å². The molecule has 0 bridgehead atoms. The summed E-state index contributed by atoms with van der Waals surface area (Å²) in [5.41, 5.74) is 8.23. The zero-order valence-electron chi connectivity index (χ0n) is 21.9. The molecule has 4 rings (SSSR count). The quantitative estimate of drug-likeness (QED) is 0.287. The van der Waals surface area contributed by atoms with Crippen LogP contribution in [0.5, 0.6) is 5.75 Å². The molecule has 3 aromatic carbocycles. The molecule has 194 valence electrons. The van der Waals surface area contributed by atoms with Gasteiger partial charge < -0.3 is 19.3 Å². The summed E-state index contributed by atoms with van der Waals surface area (Å²) in [6, 6.07) is 20.8. The zero-order valence-corrected chi connectivity index (χ0v) is 21.9. The Bertz CT molecular complexity index is 1230. The maximum Gasteiger partial charge on any atom is 0.333 e. The number of aliphatic carboxylic acids is 1. The zero-order chi connectivity index (χ0) is 26.2.